The van der Waals surface area contributed by atoms with Gasteiger partial charge in [-0.3, -0.25) is 9.59 Å². The van der Waals surface area contributed by atoms with Crippen molar-refractivity contribution in [3.63, 3.8) is 0 Å². The number of amides is 2. The number of carbonyl (C=O) groups excluding carboxylic acids is 2. The van der Waals surface area contributed by atoms with E-state index in [1.165, 1.54) is 12.1 Å². The van der Waals surface area contributed by atoms with Gasteiger partial charge in [0.1, 0.15) is 0 Å². The fourth-order valence-electron chi connectivity index (χ4n) is 4.14. The highest BCUT2D eigenvalue weighted by atomic mass is 32.2. The minimum absolute atomic E-state index is 0.0317. The summed E-state index contributed by atoms with van der Waals surface area (Å²) in [5.41, 5.74) is 1.05. The first-order valence-corrected chi connectivity index (χ1v) is 12.4. The molecule has 3 atom stereocenters. The van der Waals surface area contributed by atoms with Gasteiger partial charge in [0.25, 0.3) is 5.91 Å². The topological polar surface area (TPSA) is 95.6 Å². The highest BCUT2D eigenvalue weighted by molar-refractivity contribution is 7.89. The second-order valence-electron chi connectivity index (χ2n) is 8.48. The van der Waals surface area contributed by atoms with E-state index in [-0.39, 0.29) is 41.3 Å². The molecule has 32 heavy (non-hydrogen) atoms. The Kier molecular flexibility index (Phi) is 7.69. The number of anilines is 1. The molecule has 2 aromatic rings. The molecule has 1 fully saturated rings. The number of nitrogens with zero attached hydrogens (tertiary/aromatic N) is 1. The lowest BCUT2D eigenvalue weighted by Gasteiger charge is -2.37. The number of hydrogen-bond donors (Lipinski definition) is 2. The van der Waals surface area contributed by atoms with Crippen molar-refractivity contribution in [3.05, 3.63) is 60.2 Å². The van der Waals surface area contributed by atoms with Gasteiger partial charge in [-0.05, 0) is 70.0 Å². The number of rotatable bonds is 7. The molecule has 7 nitrogen and oxygen atoms in total. The zero-order chi connectivity index (χ0) is 23.3. The Morgan fingerprint density at radius 1 is 1.00 bits per heavy atom. The zero-order valence-electron chi connectivity index (χ0n) is 18.7. The summed E-state index contributed by atoms with van der Waals surface area (Å²) in [6, 6.07) is 14.6. The maximum Gasteiger partial charge on any atom is 0.251 e. The van der Waals surface area contributed by atoms with Crippen molar-refractivity contribution in [2.45, 2.75) is 69.5 Å². The smallest absolute Gasteiger partial charge is 0.251 e. The van der Waals surface area contributed by atoms with Crippen LogP contribution >= 0.6 is 0 Å². The summed E-state index contributed by atoms with van der Waals surface area (Å²) in [4.78, 5) is 24.8. The van der Waals surface area contributed by atoms with E-state index in [9.17, 15) is 18.0 Å². The van der Waals surface area contributed by atoms with Crippen LogP contribution in [0, 0.1) is 0 Å². The normalized spacial score (nSPS) is 20.3. The van der Waals surface area contributed by atoms with Crippen LogP contribution in [0.25, 0.3) is 0 Å². The number of piperidine rings is 1. The van der Waals surface area contributed by atoms with Crippen molar-refractivity contribution < 1.29 is 18.0 Å². The first-order valence-electron chi connectivity index (χ1n) is 11.0. The lowest BCUT2D eigenvalue weighted by atomic mass is 10.0. The minimum Gasteiger partial charge on any atom is -0.349 e. The summed E-state index contributed by atoms with van der Waals surface area (Å²) < 4.78 is 27.8. The summed E-state index contributed by atoms with van der Waals surface area (Å²) in [7, 11) is -3.59. The summed E-state index contributed by atoms with van der Waals surface area (Å²) >= 11 is 0. The maximum absolute atomic E-state index is 13.1. The number of nitrogens with one attached hydrogen (secondary N) is 2. The molecule has 0 unspecified atom stereocenters. The third kappa shape index (κ3) is 5.75. The van der Waals surface area contributed by atoms with Crippen LogP contribution in [0.3, 0.4) is 0 Å². The molecule has 172 valence electrons. The van der Waals surface area contributed by atoms with Gasteiger partial charge in [0.05, 0.1) is 4.90 Å². The number of sulfonamides is 1. The van der Waals surface area contributed by atoms with E-state index in [0.29, 0.717) is 11.3 Å². The van der Waals surface area contributed by atoms with Gasteiger partial charge in [-0.25, -0.2) is 8.42 Å². The molecule has 0 aromatic heterocycles. The first kappa shape index (κ1) is 23.9. The molecular formula is C24H31N3O4S. The minimum atomic E-state index is -3.59. The van der Waals surface area contributed by atoms with Crippen LogP contribution in [0.5, 0.6) is 0 Å². The summed E-state index contributed by atoms with van der Waals surface area (Å²) in [6.45, 7) is 5.65. The van der Waals surface area contributed by atoms with E-state index in [2.05, 4.69) is 10.6 Å². The van der Waals surface area contributed by atoms with E-state index in [1.54, 1.807) is 47.6 Å². The summed E-state index contributed by atoms with van der Waals surface area (Å²) in [5.74, 6) is -0.499. The molecule has 2 amide bonds. The second-order valence-corrected chi connectivity index (χ2v) is 10.3. The Hall–Kier alpha value is -2.71. The summed E-state index contributed by atoms with van der Waals surface area (Å²) in [5, 5.41) is 5.56. The third-order valence-corrected chi connectivity index (χ3v) is 7.87. The maximum atomic E-state index is 13.1. The van der Waals surface area contributed by atoms with Crippen LogP contribution < -0.4 is 10.6 Å². The molecule has 1 aliphatic heterocycles. The van der Waals surface area contributed by atoms with E-state index in [4.69, 9.17) is 0 Å². The predicted molar refractivity (Wildman–Crippen MR) is 125 cm³/mol. The highest BCUT2D eigenvalue weighted by Crippen LogP contribution is 2.29. The molecule has 2 aromatic carbocycles. The molecule has 0 radical (unpaired) electrons. The molecule has 0 bridgehead atoms. The van der Waals surface area contributed by atoms with Crippen LogP contribution in [-0.2, 0) is 14.8 Å². The molecule has 3 rings (SSSR count). The molecular weight excluding hydrogens is 426 g/mol. The van der Waals surface area contributed by atoms with Crippen molar-refractivity contribution in [1.29, 1.82) is 0 Å². The van der Waals surface area contributed by atoms with Gasteiger partial charge in [-0.2, -0.15) is 4.31 Å². The molecule has 0 saturated carbocycles. The van der Waals surface area contributed by atoms with Gasteiger partial charge in [0.2, 0.25) is 15.9 Å². The van der Waals surface area contributed by atoms with Crippen molar-refractivity contribution in [1.82, 2.24) is 9.62 Å². The van der Waals surface area contributed by atoms with Crippen LogP contribution in [0.2, 0.25) is 0 Å². The number of benzene rings is 2. The number of carbonyl (C=O) groups is 2. The Morgan fingerprint density at radius 3 is 2.19 bits per heavy atom. The summed E-state index contributed by atoms with van der Waals surface area (Å²) in [6.07, 6.45) is 2.85. The van der Waals surface area contributed by atoms with Crippen LogP contribution in [0.15, 0.2) is 59.5 Å². The van der Waals surface area contributed by atoms with Crippen molar-refractivity contribution >= 4 is 27.5 Å². The van der Waals surface area contributed by atoms with Gasteiger partial charge in [0, 0.05) is 35.8 Å². The van der Waals surface area contributed by atoms with Gasteiger partial charge in [0.15, 0.2) is 0 Å². The molecule has 2 N–H and O–H groups in total. The van der Waals surface area contributed by atoms with E-state index in [1.807, 2.05) is 19.9 Å². The zero-order valence-corrected chi connectivity index (χ0v) is 19.6. The van der Waals surface area contributed by atoms with Crippen LogP contribution in [0.1, 0.15) is 56.8 Å². The second kappa shape index (κ2) is 10.3. The fraction of sp³-hybridized carbons (Fsp3) is 0.417. The Bertz CT molecular complexity index is 1030. The van der Waals surface area contributed by atoms with E-state index >= 15 is 0 Å². The SMILES string of the molecule is C[C@H](CC(=O)Nc1ccc(S(=O)(=O)N2[C@H](C)CCC[C@@H]2C)cc1)NC(=O)c1ccccc1. The first-order chi connectivity index (χ1) is 15.2. The molecule has 1 aliphatic rings. The monoisotopic (exact) mass is 457 g/mol. The van der Waals surface area contributed by atoms with Crippen molar-refractivity contribution in [3.8, 4) is 0 Å². The van der Waals surface area contributed by atoms with Crippen LogP contribution in [0.4, 0.5) is 5.69 Å². The Balaban J connectivity index is 1.58. The largest absolute Gasteiger partial charge is 0.349 e. The standard InChI is InChI=1S/C24H31N3O4S/c1-17(25-24(29)20-10-5-4-6-11-20)16-23(28)26-21-12-14-22(15-13-21)32(30,31)27-18(2)8-7-9-19(27)3/h4-6,10-15,17-19H,7-9,16H2,1-3H3,(H,25,29)(H,26,28)/t17-,18-,19+/m1/s1. The fourth-order valence-corrected chi connectivity index (χ4v) is 6.02. The lowest BCUT2D eigenvalue weighted by Crippen LogP contribution is -2.47. The van der Waals surface area contributed by atoms with Gasteiger partial charge >= 0.3 is 0 Å². The Morgan fingerprint density at radius 2 is 1.59 bits per heavy atom. The third-order valence-electron chi connectivity index (χ3n) is 5.73. The van der Waals surface area contributed by atoms with Crippen molar-refractivity contribution in [2.24, 2.45) is 0 Å². The lowest BCUT2D eigenvalue weighted by molar-refractivity contribution is -0.116. The average molecular weight is 458 g/mol. The highest BCUT2D eigenvalue weighted by Gasteiger charge is 2.35. The molecule has 1 saturated heterocycles. The van der Waals surface area contributed by atoms with Crippen molar-refractivity contribution in [2.75, 3.05) is 5.32 Å². The van der Waals surface area contributed by atoms with E-state index in [0.717, 1.165) is 19.3 Å². The predicted octanol–water partition coefficient (Wildman–Crippen LogP) is 3.79. The molecule has 1 heterocycles. The van der Waals surface area contributed by atoms with Gasteiger partial charge in [-0.15, -0.1) is 0 Å². The van der Waals surface area contributed by atoms with Crippen LogP contribution in [-0.4, -0.2) is 42.7 Å². The van der Waals surface area contributed by atoms with E-state index < -0.39 is 10.0 Å². The molecule has 8 heteroatoms. The number of hydrogen-bond acceptors (Lipinski definition) is 4. The van der Waals surface area contributed by atoms with Gasteiger partial charge in [-0.1, -0.05) is 24.6 Å². The quantitative estimate of drug-likeness (QED) is 0.661. The average Bonchev–Trinajstić information content (AvgIpc) is 2.74. The van der Waals surface area contributed by atoms with Gasteiger partial charge < -0.3 is 10.6 Å². The molecule has 0 spiro atoms. The molecule has 0 aliphatic carbocycles. The Labute approximate surface area is 190 Å².